The number of aliphatic imine (C=N–C) groups is 2. The highest BCUT2D eigenvalue weighted by molar-refractivity contribution is 14.1. The summed E-state index contributed by atoms with van der Waals surface area (Å²) in [5.74, 6) is 0.719. The van der Waals surface area contributed by atoms with Gasteiger partial charge in [-0.2, -0.15) is 0 Å². The summed E-state index contributed by atoms with van der Waals surface area (Å²) in [6.07, 6.45) is 0. The van der Waals surface area contributed by atoms with Crippen LogP contribution in [0, 0.1) is 0 Å². The van der Waals surface area contributed by atoms with E-state index < -0.39 is 0 Å². The van der Waals surface area contributed by atoms with Crippen molar-refractivity contribution in [1.82, 2.24) is 4.57 Å². The molecule has 0 radical (unpaired) electrons. The summed E-state index contributed by atoms with van der Waals surface area (Å²) >= 11 is 2.39. The highest BCUT2D eigenvalue weighted by atomic mass is 127. The number of rotatable bonds is 8. The molecule has 0 N–H and O–H groups in total. The molecule has 0 amide bonds. The molecule has 0 saturated carbocycles. The Morgan fingerprint density at radius 2 is 1.11 bits per heavy atom. The number of halogens is 1. The Morgan fingerprint density at radius 3 is 1.83 bits per heavy atom. The van der Waals surface area contributed by atoms with E-state index in [1.54, 1.807) is 0 Å². The van der Waals surface area contributed by atoms with Crippen molar-refractivity contribution >= 4 is 99.8 Å². The molecule has 12 aromatic rings. The molecule has 0 unspecified atom stereocenters. The second kappa shape index (κ2) is 16.2. The summed E-state index contributed by atoms with van der Waals surface area (Å²) in [4.78, 5) is 10.5. The van der Waals surface area contributed by atoms with Crippen LogP contribution in [0.5, 0.6) is 0 Å². The van der Waals surface area contributed by atoms with Crippen LogP contribution in [0.4, 0.5) is 0 Å². The van der Waals surface area contributed by atoms with Gasteiger partial charge in [0.2, 0.25) is 0 Å². The fraction of sp³-hybridized carbons (Fsp3) is 0.0508. The van der Waals surface area contributed by atoms with Crippen molar-refractivity contribution in [1.29, 1.82) is 0 Å². The zero-order chi connectivity index (χ0) is 43.4. The number of alkyl halides is 1. The molecule has 1 atom stereocenters. The zero-order valence-corrected chi connectivity index (χ0v) is 37.6. The molecule has 0 fully saturated rings. The van der Waals surface area contributed by atoms with Crippen LogP contribution < -0.4 is 0 Å². The first-order valence-electron chi connectivity index (χ1n) is 21.9. The van der Waals surface area contributed by atoms with Crippen LogP contribution in [0.1, 0.15) is 29.7 Å². The first-order valence-corrected chi connectivity index (χ1v) is 23.4. The quantitative estimate of drug-likeness (QED) is 0.0659. The van der Waals surface area contributed by atoms with Gasteiger partial charge < -0.3 is 13.4 Å². The summed E-state index contributed by atoms with van der Waals surface area (Å²) in [6, 6.07) is 72.2. The number of hydrogen-bond acceptors (Lipinski definition) is 3. The van der Waals surface area contributed by atoms with Crippen molar-refractivity contribution in [3.63, 3.8) is 0 Å². The van der Waals surface area contributed by atoms with Gasteiger partial charge in [0.1, 0.15) is 22.3 Å². The molecule has 0 aliphatic heterocycles. The lowest BCUT2D eigenvalue weighted by atomic mass is 9.97. The number of aromatic nitrogens is 1. The Morgan fingerprint density at radius 1 is 0.508 bits per heavy atom. The largest absolute Gasteiger partial charge is 0.455 e. The summed E-state index contributed by atoms with van der Waals surface area (Å²) in [6.45, 7) is 2.14. The summed E-state index contributed by atoms with van der Waals surface area (Å²) in [5, 5.41) is 6.65. The summed E-state index contributed by atoms with van der Waals surface area (Å²) in [7, 11) is 0. The van der Waals surface area contributed by atoms with Crippen molar-refractivity contribution < 1.29 is 8.83 Å². The van der Waals surface area contributed by atoms with Crippen molar-refractivity contribution in [3.8, 4) is 27.9 Å². The maximum atomic E-state index is 7.05. The van der Waals surface area contributed by atoms with E-state index in [2.05, 4.69) is 210 Å². The Labute approximate surface area is 389 Å². The van der Waals surface area contributed by atoms with E-state index in [0.717, 1.165) is 126 Å². The molecule has 0 aliphatic rings. The number of furan rings is 2. The lowest BCUT2D eigenvalue weighted by Crippen LogP contribution is -2.09. The van der Waals surface area contributed by atoms with Gasteiger partial charge in [-0.1, -0.05) is 186 Å². The molecule has 0 saturated heterocycles. The van der Waals surface area contributed by atoms with E-state index in [4.69, 9.17) is 18.8 Å². The minimum Gasteiger partial charge on any atom is -0.455 e. The third kappa shape index (κ3) is 6.75. The average Bonchev–Trinajstić information content (AvgIpc) is 4.05. The van der Waals surface area contributed by atoms with Crippen molar-refractivity contribution in [3.05, 3.63) is 223 Å². The third-order valence-electron chi connectivity index (χ3n) is 12.6. The van der Waals surface area contributed by atoms with Gasteiger partial charge in [-0.15, -0.1) is 0 Å². The van der Waals surface area contributed by atoms with Gasteiger partial charge in [0.15, 0.2) is 5.84 Å². The Balaban J connectivity index is 0.973. The topological polar surface area (TPSA) is 55.9 Å². The summed E-state index contributed by atoms with van der Waals surface area (Å²) < 4.78 is 16.8. The van der Waals surface area contributed by atoms with E-state index >= 15 is 0 Å². The Bertz CT molecular complexity index is 3820. The van der Waals surface area contributed by atoms with Gasteiger partial charge in [-0.25, -0.2) is 4.99 Å². The smallest absolute Gasteiger partial charge is 0.155 e. The fourth-order valence-electron chi connectivity index (χ4n) is 9.49. The number of para-hydroxylation sites is 4. The standard InChI is InChI=1S/C59H40IN3O2/c1-37(61-59(39-18-7-3-8-19-39)62-51(36-60)38-16-5-2-6-17-38)40-20-13-21-41(34-40)44-25-14-27-47-48-28-15-26-45(57(48)65-56(44)47)42-30-31-50-53(35-42)63(43-22-9-4-10-23-43)52-33-32-49-46-24-11-12-29-54(46)64-58(49)55(50)52/h2-35,37H,36H2,1H3/t37-/m0/s1. The van der Waals surface area contributed by atoms with Crippen LogP contribution in [-0.4, -0.2) is 20.5 Å². The van der Waals surface area contributed by atoms with Gasteiger partial charge in [0.25, 0.3) is 0 Å². The lowest BCUT2D eigenvalue weighted by molar-refractivity contribution is 0.671. The molecule has 9 aromatic carbocycles. The van der Waals surface area contributed by atoms with Crippen LogP contribution in [0.15, 0.2) is 225 Å². The molecule has 65 heavy (non-hydrogen) atoms. The number of hydrogen-bond donors (Lipinski definition) is 0. The molecular formula is C59H40IN3O2. The molecule has 3 aromatic heterocycles. The minimum atomic E-state index is -0.161. The maximum absolute atomic E-state index is 7.05. The summed E-state index contributed by atoms with van der Waals surface area (Å²) in [5.41, 5.74) is 15.2. The van der Waals surface area contributed by atoms with Crippen molar-refractivity contribution in [2.75, 3.05) is 4.43 Å². The molecule has 6 heteroatoms. The van der Waals surface area contributed by atoms with Gasteiger partial charge in [0, 0.05) is 53.7 Å². The van der Waals surface area contributed by atoms with Crippen LogP contribution in [-0.2, 0) is 0 Å². The highest BCUT2D eigenvalue weighted by Gasteiger charge is 2.21. The van der Waals surface area contributed by atoms with Crippen LogP contribution in [0.2, 0.25) is 0 Å². The van der Waals surface area contributed by atoms with Gasteiger partial charge in [-0.3, -0.25) is 4.99 Å². The van der Waals surface area contributed by atoms with E-state index in [9.17, 15) is 0 Å². The maximum Gasteiger partial charge on any atom is 0.155 e. The lowest BCUT2D eigenvalue weighted by Gasteiger charge is -2.13. The number of nitrogens with zero attached hydrogens (tertiary/aromatic N) is 3. The minimum absolute atomic E-state index is 0.161. The molecule has 5 nitrogen and oxygen atoms in total. The normalized spacial score (nSPS) is 13.0. The molecule has 0 spiro atoms. The highest BCUT2D eigenvalue weighted by Crippen LogP contribution is 2.44. The third-order valence-corrected chi connectivity index (χ3v) is 13.3. The Hall–Kier alpha value is -7.55. The van der Waals surface area contributed by atoms with Crippen LogP contribution >= 0.6 is 22.6 Å². The zero-order valence-electron chi connectivity index (χ0n) is 35.5. The molecule has 310 valence electrons. The SMILES string of the molecule is C[C@H](N=C(N=C(CI)c1ccccc1)c1ccccc1)c1cccc(-c2cccc3c2oc2c(-c4ccc5c6c7oc8ccccc8c7ccc6n(-c6ccccc6)c5c4)cccc23)c1. The van der Waals surface area contributed by atoms with Crippen LogP contribution in [0.3, 0.4) is 0 Å². The average molecular weight is 950 g/mol. The van der Waals surface area contributed by atoms with Gasteiger partial charge >= 0.3 is 0 Å². The van der Waals surface area contributed by atoms with Crippen molar-refractivity contribution in [2.24, 2.45) is 9.98 Å². The first-order chi connectivity index (χ1) is 32.1. The molecule has 0 bridgehead atoms. The number of amidine groups is 1. The second-order valence-electron chi connectivity index (χ2n) is 16.5. The number of fused-ring (bicyclic) bond motifs is 10. The predicted octanol–water partition coefficient (Wildman–Crippen LogP) is 16.3. The number of benzene rings is 9. The van der Waals surface area contributed by atoms with E-state index in [0.29, 0.717) is 0 Å². The Kier molecular flexibility index (Phi) is 9.75. The molecule has 0 aliphatic carbocycles. The van der Waals surface area contributed by atoms with Crippen molar-refractivity contribution in [2.45, 2.75) is 13.0 Å². The molecule has 12 rings (SSSR count). The molecular weight excluding hydrogens is 910 g/mol. The second-order valence-corrected chi connectivity index (χ2v) is 17.2. The van der Waals surface area contributed by atoms with E-state index in [1.165, 1.54) is 0 Å². The van der Waals surface area contributed by atoms with E-state index in [1.807, 2.05) is 30.3 Å². The molecule has 3 heterocycles. The van der Waals surface area contributed by atoms with E-state index in [-0.39, 0.29) is 6.04 Å². The predicted molar refractivity (Wildman–Crippen MR) is 279 cm³/mol. The monoisotopic (exact) mass is 949 g/mol. The first kappa shape index (κ1) is 39.1. The fourth-order valence-corrected chi connectivity index (χ4v) is 10.1. The van der Waals surface area contributed by atoms with Gasteiger partial charge in [-0.05, 0) is 71.6 Å². The van der Waals surface area contributed by atoms with Crippen LogP contribution in [0.25, 0.3) is 93.6 Å². The van der Waals surface area contributed by atoms with Gasteiger partial charge in [0.05, 0.1) is 28.2 Å².